The molecule has 0 amide bonds. The van der Waals surface area contributed by atoms with E-state index in [9.17, 15) is 13.2 Å². The molecule has 8 heteroatoms. The van der Waals surface area contributed by atoms with Crippen molar-refractivity contribution in [1.29, 1.82) is 0 Å². The molecule has 0 saturated carbocycles. The lowest BCUT2D eigenvalue weighted by Gasteiger charge is -2.34. The van der Waals surface area contributed by atoms with Crippen molar-refractivity contribution >= 4 is 23.1 Å². The van der Waals surface area contributed by atoms with Gasteiger partial charge in [0, 0.05) is 73.4 Å². The monoisotopic (exact) mass is 464 g/mol. The Bertz CT molecular complexity index is 955. The third kappa shape index (κ3) is 5.02. The van der Waals surface area contributed by atoms with Gasteiger partial charge in [-0.1, -0.05) is 17.8 Å². The molecule has 32 heavy (non-hydrogen) atoms. The Balaban J connectivity index is 1.62. The summed E-state index contributed by atoms with van der Waals surface area (Å²) in [6, 6.07) is 9.08. The van der Waals surface area contributed by atoms with E-state index >= 15 is 0 Å². The van der Waals surface area contributed by atoms with E-state index in [1.807, 2.05) is 7.05 Å². The molecule has 4 rings (SSSR count). The lowest BCUT2D eigenvalue weighted by molar-refractivity contribution is -0.137. The fourth-order valence-corrected chi connectivity index (χ4v) is 5.61. The number of piperidine rings is 1. The highest BCUT2D eigenvalue weighted by Crippen LogP contribution is 2.46. The van der Waals surface area contributed by atoms with Crippen LogP contribution in [0.1, 0.15) is 36.5 Å². The maximum Gasteiger partial charge on any atom is 0.416 e. The minimum atomic E-state index is -4.37. The topological polar surface area (TPSA) is 44.5 Å². The van der Waals surface area contributed by atoms with E-state index in [0.29, 0.717) is 23.5 Å². The summed E-state index contributed by atoms with van der Waals surface area (Å²) >= 11 is 1.45. The van der Waals surface area contributed by atoms with Gasteiger partial charge in [-0.05, 0) is 55.2 Å². The van der Waals surface area contributed by atoms with Crippen LogP contribution in [0.5, 0.6) is 0 Å². The van der Waals surface area contributed by atoms with E-state index in [1.54, 1.807) is 0 Å². The number of nitrogens with two attached hydrogens (primary N) is 1. The van der Waals surface area contributed by atoms with E-state index in [4.69, 9.17) is 5.73 Å². The first kappa shape index (κ1) is 23.3. The van der Waals surface area contributed by atoms with Gasteiger partial charge in [0.05, 0.1) is 5.56 Å². The van der Waals surface area contributed by atoms with Crippen molar-refractivity contribution in [3.8, 4) is 0 Å². The Hall–Kier alpha value is -1.90. The Morgan fingerprint density at radius 3 is 2.56 bits per heavy atom. The van der Waals surface area contributed by atoms with Crippen molar-refractivity contribution in [2.75, 3.05) is 50.0 Å². The molecule has 2 aliphatic heterocycles. The van der Waals surface area contributed by atoms with Crippen LogP contribution in [0, 0.1) is 0 Å². The summed E-state index contributed by atoms with van der Waals surface area (Å²) in [5.41, 5.74) is 8.91. The van der Waals surface area contributed by atoms with Crippen LogP contribution in [0.15, 0.2) is 40.1 Å². The highest BCUT2D eigenvalue weighted by Gasteiger charge is 2.34. The number of halogens is 3. The molecule has 2 heterocycles. The number of hydrogen-bond donors (Lipinski definition) is 2. The molecule has 0 unspecified atom stereocenters. The molecule has 2 aliphatic rings. The number of nitrogens with one attached hydrogen (secondary N) is 1. The van der Waals surface area contributed by atoms with Gasteiger partial charge in [-0.15, -0.1) is 0 Å². The number of likely N-dealkylation sites (tertiary alicyclic amines) is 1. The fourth-order valence-electron chi connectivity index (χ4n) is 4.43. The van der Waals surface area contributed by atoms with Crippen molar-refractivity contribution in [1.82, 2.24) is 4.90 Å². The summed E-state index contributed by atoms with van der Waals surface area (Å²) in [6.07, 6.45) is -1.93. The van der Waals surface area contributed by atoms with Gasteiger partial charge in [0.2, 0.25) is 0 Å². The average Bonchev–Trinajstić information content (AvgIpc) is 2.77. The van der Waals surface area contributed by atoms with Crippen LogP contribution < -0.4 is 16.0 Å². The van der Waals surface area contributed by atoms with Gasteiger partial charge in [-0.3, -0.25) is 0 Å². The highest BCUT2D eigenvalue weighted by molar-refractivity contribution is 7.99. The molecule has 2 aromatic carbocycles. The summed E-state index contributed by atoms with van der Waals surface area (Å²) in [5.74, 6) is 0. The van der Waals surface area contributed by atoms with Crippen LogP contribution in [0.3, 0.4) is 0 Å². The molecule has 0 aromatic heterocycles. The number of alkyl halides is 3. The molecule has 3 N–H and O–H groups in total. The second-order valence-electron chi connectivity index (χ2n) is 8.63. The minimum absolute atomic E-state index is 0.170. The number of rotatable bonds is 6. The molecule has 0 atom stereocenters. The second-order valence-corrected chi connectivity index (χ2v) is 9.72. The third-order valence-electron chi connectivity index (χ3n) is 6.48. The lowest BCUT2D eigenvalue weighted by atomic mass is 9.98. The molecule has 0 bridgehead atoms. The van der Waals surface area contributed by atoms with E-state index in [0.717, 1.165) is 60.7 Å². The van der Waals surface area contributed by atoms with Gasteiger partial charge in [0.15, 0.2) is 0 Å². The third-order valence-corrected chi connectivity index (χ3v) is 7.67. The SMILES string of the molecule is CCN(C)c1ccc2c(c1)Sc1cc(C(F)(F)F)cc(NC3CCN(CCN)CC3)c1C2. The summed E-state index contributed by atoms with van der Waals surface area (Å²) in [5, 5.41) is 3.47. The zero-order valence-corrected chi connectivity index (χ0v) is 19.5. The number of nitrogens with zero attached hydrogens (tertiary/aromatic N) is 2. The normalized spacial score (nSPS) is 17.1. The minimum Gasteiger partial charge on any atom is -0.382 e. The molecule has 174 valence electrons. The molecule has 0 radical (unpaired) electrons. The average molecular weight is 465 g/mol. The zero-order chi connectivity index (χ0) is 22.9. The summed E-state index contributed by atoms with van der Waals surface area (Å²) in [6.45, 7) is 6.29. The van der Waals surface area contributed by atoms with Gasteiger partial charge in [-0.2, -0.15) is 13.2 Å². The molecule has 1 saturated heterocycles. The van der Waals surface area contributed by atoms with Crippen LogP contribution in [-0.4, -0.2) is 50.7 Å². The Labute approximate surface area is 192 Å². The van der Waals surface area contributed by atoms with Crippen molar-refractivity contribution in [3.63, 3.8) is 0 Å². The molecule has 2 aromatic rings. The summed E-state index contributed by atoms with van der Waals surface area (Å²) in [7, 11) is 2.02. The predicted octanol–water partition coefficient (Wildman–Crippen LogP) is 5.05. The van der Waals surface area contributed by atoms with Crippen LogP contribution in [0.25, 0.3) is 0 Å². The molecule has 1 fully saturated rings. The first-order valence-electron chi connectivity index (χ1n) is 11.2. The first-order chi connectivity index (χ1) is 15.3. The van der Waals surface area contributed by atoms with Gasteiger partial charge >= 0.3 is 6.18 Å². The Morgan fingerprint density at radius 1 is 1.16 bits per heavy atom. The number of fused-ring (bicyclic) bond motifs is 2. The van der Waals surface area contributed by atoms with E-state index < -0.39 is 11.7 Å². The first-order valence-corrected chi connectivity index (χ1v) is 12.0. The molecule has 0 aliphatic carbocycles. The summed E-state index contributed by atoms with van der Waals surface area (Å²) < 4.78 is 41.1. The lowest BCUT2D eigenvalue weighted by Crippen LogP contribution is -2.41. The smallest absolute Gasteiger partial charge is 0.382 e. The zero-order valence-electron chi connectivity index (χ0n) is 18.6. The van der Waals surface area contributed by atoms with Crippen LogP contribution >= 0.6 is 11.8 Å². The van der Waals surface area contributed by atoms with Crippen molar-refractivity contribution < 1.29 is 13.2 Å². The van der Waals surface area contributed by atoms with Crippen LogP contribution in [0.4, 0.5) is 24.5 Å². The van der Waals surface area contributed by atoms with Crippen LogP contribution in [0.2, 0.25) is 0 Å². The maximum absolute atomic E-state index is 13.7. The van der Waals surface area contributed by atoms with Gasteiger partial charge in [0.1, 0.15) is 0 Å². The van der Waals surface area contributed by atoms with Crippen molar-refractivity contribution in [2.45, 2.75) is 48.2 Å². The number of benzene rings is 2. The van der Waals surface area contributed by atoms with E-state index in [-0.39, 0.29) is 6.04 Å². The molecular weight excluding hydrogens is 433 g/mol. The number of anilines is 2. The Morgan fingerprint density at radius 2 is 1.91 bits per heavy atom. The van der Waals surface area contributed by atoms with Crippen molar-refractivity contribution in [2.24, 2.45) is 5.73 Å². The summed E-state index contributed by atoms with van der Waals surface area (Å²) in [4.78, 5) is 6.19. The Kier molecular flexibility index (Phi) is 6.93. The molecule has 0 spiro atoms. The molecule has 4 nitrogen and oxygen atoms in total. The molecular formula is C24H31F3N4S. The van der Waals surface area contributed by atoms with E-state index in [1.165, 1.54) is 23.9 Å². The highest BCUT2D eigenvalue weighted by atomic mass is 32.2. The largest absolute Gasteiger partial charge is 0.416 e. The second kappa shape index (κ2) is 9.53. The van der Waals surface area contributed by atoms with E-state index in [2.05, 4.69) is 40.2 Å². The van der Waals surface area contributed by atoms with Gasteiger partial charge in [0.25, 0.3) is 0 Å². The number of hydrogen-bond acceptors (Lipinski definition) is 5. The van der Waals surface area contributed by atoms with Crippen molar-refractivity contribution in [3.05, 3.63) is 47.0 Å². The van der Waals surface area contributed by atoms with Crippen LogP contribution in [-0.2, 0) is 12.6 Å². The predicted molar refractivity (Wildman–Crippen MR) is 126 cm³/mol. The maximum atomic E-state index is 13.7. The van der Waals surface area contributed by atoms with Gasteiger partial charge in [-0.25, -0.2) is 0 Å². The fraction of sp³-hybridized carbons (Fsp3) is 0.500. The standard InChI is InChI=1S/C24H31F3N4S/c1-3-30(2)19-5-4-16-12-20-21(29-18-6-9-31(10-7-18)11-8-28)13-17(24(25,26)27)14-23(20)32-22(16)15-19/h4-5,13-15,18,29H,3,6-12,28H2,1-2H3. The van der Waals surface area contributed by atoms with Gasteiger partial charge < -0.3 is 20.9 Å². The quantitative estimate of drug-likeness (QED) is 0.534.